The molecule has 0 aromatic rings. The summed E-state index contributed by atoms with van der Waals surface area (Å²) in [6.45, 7) is 5.38. The van der Waals surface area contributed by atoms with E-state index in [0.717, 1.165) is 0 Å². The van der Waals surface area contributed by atoms with Crippen molar-refractivity contribution in [1.82, 2.24) is 4.90 Å². The summed E-state index contributed by atoms with van der Waals surface area (Å²) in [6, 6.07) is -0.783. The Morgan fingerprint density at radius 2 is 1.70 bits per heavy atom. The number of rotatable bonds is 3. The summed E-state index contributed by atoms with van der Waals surface area (Å²) in [7, 11) is 4.21. The summed E-state index contributed by atoms with van der Waals surface area (Å²) in [5.74, 6) is -1.54. The van der Waals surface area contributed by atoms with E-state index in [0.29, 0.717) is 0 Å². The Morgan fingerprint density at radius 3 is 2.10 bits per heavy atom. The number of carbonyl (C=O) groups is 2. The zero-order chi connectivity index (χ0) is 15.6. The van der Waals surface area contributed by atoms with Crippen molar-refractivity contribution in [3.8, 4) is 0 Å². The topological polar surface area (TPSA) is 74.3 Å². The summed E-state index contributed by atoms with van der Waals surface area (Å²) in [6.07, 6.45) is -0.393. The molecular formula is C13H23NO6. The molecule has 0 aromatic heterocycles. The van der Waals surface area contributed by atoms with Crippen LogP contribution in [0.3, 0.4) is 0 Å². The lowest BCUT2D eigenvalue weighted by Crippen LogP contribution is -2.44. The highest BCUT2D eigenvalue weighted by Gasteiger charge is 2.51. The van der Waals surface area contributed by atoms with Gasteiger partial charge in [0.25, 0.3) is 0 Å². The third kappa shape index (κ3) is 3.61. The van der Waals surface area contributed by atoms with Crippen molar-refractivity contribution in [3.63, 3.8) is 0 Å². The van der Waals surface area contributed by atoms with Gasteiger partial charge >= 0.3 is 12.1 Å². The molecule has 20 heavy (non-hydrogen) atoms. The van der Waals surface area contributed by atoms with E-state index in [1.807, 2.05) is 0 Å². The van der Waals surface area contributed by atoms with Crippen LogP contribution in [-0.2, 0) is 23.7 Å². The van der Waals surface area contributed by atoms with E-state index in [1.165, 1.54) is 26.2 Å². The number of amides is 1. The summed E-state index contributed by atoms with van der Waals surface area (Å²) in [5, 5.41) is 0. The van der Waals surface area contributed by atoms with Crippen molar-refractivity contribution in [2.45, 2.75) is 44.6 Å². The van der Waals surface area contributed by atoms with E-state index in [-0.39, 0.29) is 13.0 Å². The lowest BCUT2D eigenvalue weighted by molar-refractivity contribution is -0.196. The molecule has 1 aliphatic rings. The number of methoxy groups -OCH3 is 3. The van der Waals surface area contributed by atoms with Crippen molar-refractivity contribution in [2.75, 3.05) is 27.9 Å². The molecule has 0 aromatic carbocycles. The predicted octanol–water partition coefficient (Wildman–Crippen LogP) is 1.16. The minimum Gasteiger partial charge on any atom is -0.467 e. The van der Waals surface area contributed by atoms with Crippen molar-refractivity contribution in [1.29, 1.82) is 0 Å². The fourth-order valence-electron chi connectivity index (χ4n) is 2.08. The van der Waals surface area contributed by atoms with Gasteiger partial charge in [0.15, 0.2) is 5.79 Å². The largest absolute Gasteiger partial charge is 0.467 e. The van der Waals surface area contributed by atoms with Gasteiger partial charge in [-0.15, -0.1) is 0 Å². The van der Waals surface area contributed by atoms with Gasteiger partial charge in [0.2, 0.25) is 0 Å². The van der Waals surface area contributed by atoms with Crippen LogP contribution in [0.4, 0.5) is 4.79 Å². The number of esters is 1. The molecule has 0 N–H and O–H groups in total. The molecule has 0 saturated carbocycles. The van der Waals surface area contributed by atoms with E-state index < -0.39 is 29.5 Å². The van der Waals surface area contributed by atoms with Gasteiger partial charge in [-0.3, -0.25) is 4.90 Å². The predicted molar refractivity (Wildman–Crippen MR) is 70.1 cm³/mol. The number of ether oxygens (including phenoxy) is 4. The molecular weight excluding hydrogens is 266 g/mol. The molecule has 1 fully saturated rings. The molecule has 116 valence electrons. The molecule has 0 bridgehead atoms. The van der Waals surface area contributed by atoms with Crippen molar-refractivity contribution in [2.24, 2.45) is 0 Å². The van der Waals surface area contributed by atoms with Crippen LogP contribution in [0.1, 0.15) is 27.2 Å². The van der Waals surface area contributed by atoms with Crippen LogP contribution in [0.2, 0.25) is 0 Å². The first-order chi connectivity index (χ1) is 9.18. The lowest BCUT2D eigenvalue weighted by atomic mass is 10.1. The maximum Gasteiger partial charge on any atom is 0.411 e. The molecule has 0 radical (unpaired) electrons. The van der Waals surface area contributed by atoms with Gasteiger partial charge in [-0.05, 0) is 20.8 Å². The maximum absolute atomic E-state index is 12.2. The van der Waals surface area contributed by atoms with Gasteiger partial charge in [0, 0.05) is 20.6 Å². The average Bonchev–Trinajstić information content (AvgIpc) is 2.76. The molecule has 1 aliphatic heterocycles. The highest BCUT2D eigenvalue weighted by Crippen LogP contribution is 2.32. The SMILES string of the molecule is COC(=O)[C@H]1CC(OC)(OC)CN1C(=O)OC(C)(C)C. The van der Waals surface area contributed by atoms with Crippen LogP contribution in [0.25, 0.3) is 0 Å². The fraction of sp³-hybridized carbons (Fsp3) is 0.846. The second-order valence-corrected chi connectivity index (χ2v) is 5.67. The van der Waals surface area contributed by atoms with E-state index in [1.54, 1.807) is 20.8 Å². The minimum atomic E-state index is -1.02. The molecule has 1 heterocycles. The molecule has 1 saturated heterocycles. The molecule has 1 atom stereocenters. The third-order valence-corrected chi connectivity index (χ3v) is 3.14. The van der Waals surface area contributed by atoms with Crippen LogP contribution >= 0.6 is 0 Å². The summed E-state index contributed by atoms with van der Waals surface area (Å²) in [5.41, 5.74) is -0.650. The van der Waals surface area contributed by atoms with E-state index >= 15 is 0 Å². The normalized spacial score (nSPS) is 21.7. The van der Waals surface area contributed by atoms with Crippen LogP contribution in [0.15, 0.2) is 0 Å². The lowest BCUT2D eigenvalue weighted by Gasteiger charge is -2.28. The van der Waals surface area contributed by atoms with Crippen LogP contribution < -0.4 is 0 Å². The minimum absolute atomic E-state index is 0.106. The van der Waals surface area contributed by atoms with Gasteiger partial charge in [-0.2, -0.15) is 0 Å². The van der Waals surface area contributed by atoms with E-state index in [4.69, 9.17) is 18.9 Å². The number of likely N-dealkylation sites (tertiary alicyclic amines) is 1. The summed E-state index contributed by atoms with van der Waals surface area (Å²) < 4.78 is 20.6. The first kappa shape index (κ1) is 16.7. The van der Waals surface area contributed by atoms with Gasteiger partial charge < -0.3 is 18.9 Å². The maximum atomic E-state index is 12.2. The first-order valence-electron chi connectivity index (χ1n) is 6.36. The Bertz CT molecular complexity index is 372. The Balaban J connectivity index is 2.95. The summed E-state index contributed by atoms with van der Waals surface area (Å²) >= 11 is 0. The van der Waals surface area contributed by atoms with Gasteiger partial charge in [-0.25, -0.2) is 9.59 Å². The monoisotopic (exact) mass is 289 g/mol. The Labute approximate surface area is 119 Å². The number of hydrogen-bond acceptors (Lipinski definition) is 6. The third-order valence-electron chi connectivity index (χ3n) is 3.14. The zero-order valence-electron chi connectivity index (χ0n) is 12.9. The fourth-order valence-corrected chi connectivity index (χ4v) is 2.08. The van der Waals surface area contributed by atoms with Gasteiger partial charge in [0.05, 0.1) is 13.7 Å². The smallest absolute Gasteiger partial charge is 0.411 e. The number of hydrogen-bond donors (Lipinski definition) is 0. The second kappa shape index (κ2) is 5.97. The standard InChI is InChI=1S/C13H23NO6/c1-12(2,3)20-11(16)14-8-13(18-5,19-6)7-9(14)10(15)17-4/h9H,7-8H2,1-6H3/t9-/m1/s1. The number of carbonyl (C=O) groups excluding carboxylic acids is 2. The zero-order valence-corrected chi connectivity index (χ0v) is 12.9. The molecule has 1 rings (SSSR count). The van der Waals surface area contributed by atoms with Gasteiger partial charge in [0.1, 0.15) is 11.6 Å². The van der Waals surface area contributed by atoms with Crippen molar-refractivity contribution >= 4 is 12.1 Å². The second-order valence-electron chi connectivity index (χ2n) is 5.67. The van der Waals surface area contributed by atoms with E-state index in [9.17, 15) is 9.59 Å². The Kier molecular flexibility index (Phi) is 4.99. The first-order valence-corrected chi connectivity index (χ1v) is 6.36. The average molecular weight is 289 g/mol. The molecule has 1 amide bonds. The number of nitrogens with zero attached hydrogens (tertiary/aromatic N) is 1. The van der Waals surface area contributed by atoms with Crippen LogP contribution in [0.5, 0.6) is 0 Å². The van der Waals surface area contributed by atoms with E-state index in [2.05, 4.69) is 0 Å². The van der Waals surface area contributed by atoms with Crippen molar-refractivity contribution < 1.29 is 28.5 Å². The highest BCUT2D eigenvalue weighted by molar-refractivity contribution is 5.82. The summed E-state index contributed by atoms with van der Waals surface area (Å²) in [4.78, 5) is 25.3. The van der Waals surface area contributed by atoms with Crippen LogP contribution in [0, 0.1) is 0 Å². The molecule has 0 unspecified atom stereocenters. The molecule has 7 heteroatoms. The highest BCUT2D eigenvalue weighted by atomic mass is 16.7. The van der Waals surface area contributed by atoms with Gasteiger partial charge in [-0.1, -0.05) is 0 Å². The van der Waals surface area contributed by atoms with Crippen LogP contribution in [-0.4, -0.2) is 62.3 Å². The Morgan fingerprint density at radius 1 is 1.15 bits per heavy atom. The quantitative estimate of drug-likeness (QED) is 0.573. The molecule has 0 aliphatic carbocycles. The molecule has 0 spiro atoms. The van der Waals surface area contributed by atoms with Crippen molar-refractivity contribution in [3.05, 3.63) is 0 Å². The Hall–Kier alpha value is -1.34. The molecule has 7 nitrogen and oxygen atoms in total.